The summed E-state index contributed by atoms with van der Waals surface area (Å²) < 4.78 is 38.8. The lowest BCUT2D eigenvalue weighted by atomic mass is 9.85. The first kappa shape index (κ1) is 27.6. The number of phenols is 1. The molecule has 3 atom stereocenters. The van der Waals surface area contributed by atoms with Gasteiger partial charge in [0.2, 0.25) is 0 Å². The van der Waals surface area contributed by atoms with Gasteiger partial charge in [-0.25, -0.2) is 8.78 Å². The monoisotopic (exact) mass is 561 g/mol. The molecule has 0 radical (unpaired) electrons. The van der Waals surface area contributed by atoms with Gasteiger partial charge in [-0.3, -0.25) is 0 Å². The summed E-state index contributed by atoms with van der Waals surface area (Å²) >= 11 is 0. The van der Waals surface area contributed by atoms with Gasteiger partial charge in [0.1, 0.15) is 22.9 Å². The number of nitrogens with one attached hydrogen (secondary N) is 1. The topological polar surface area (TPSA) is 73.8 Å². The number of nitrogens with zero attached hydrogens (tertiary/aromatic N) is 4. The molecule has 0 bridgehead atoms. The van der Waals surface area contributed by atoms with Crippen LogP contribution in [0.5, 0.6) is 11.8 Å². The molecule has 2 aliphatic rings. The lowest BCUT2D eigenvalue weighted by Crippen LogP contribution is -2.49. The van der Waals surface area contributed by atoms with Gasteiger partial charge < -0.3 is 25.0 Å². The standard InChI is InChI=1S/C32H37F2N5O2/c1-19-17-39(13-12-35-19)30-24-16-25(33)27(23-15-21(40)14-20-8-5-6-9-22(20)23)28(34)29(24)36-31(37-30)41-18-32(2)11-7-10-26(32)38(3)4/h5-6,8-9,14-16,19,26,35,40H,7,10-13,17-18H2,1-4H3/t19-,26?,32-/m1/s1. The highest BCUT2D eigenvalue weighted by Crippen LogP contribution is 2.42. The maximum absolute atomic E-state index is 16.6. The van der Waals surface area contributed by atoms with E-state index in [-0.39, 0.29) is 39.9 Å². The lowest BCUT2D eigenvalue weighted by molar-refractivity contribution is 0.0814. The summed E-state index contributed by atoms with van der Waals surface area (Å²) in [4.78, 5) is 13.6. The van der Waals surface area contributed by atoms with E-state index in [1.54, 1.807) is 18.2 Å². The molecule has 1 aliphatic heterocycles. The molecular weight excluding hydrogens is 524 g/mol. The number of piperazine rings is 1. The summed E-state index contributed by atoms with van der Waals surface area (Å²) in [5.41, 5.74) is -0.0633. The number of aromatic hydroxyl groups is 1. The van der Waals surface area contributed by atoms with Gasteiger partial charge >= 0.3 is 6.01 Å². The average molecular weight is 562 g/mol. The van der Waals surface area contributed by atoms with Gasteiger partial charge in [-0.2, -0.15) is 9.97 Å². The van der Waals surface area contributed by atoms with E-state index in [0.717, 1.165) is 25.8 Å². The van der Waals surface area contributed by atoms with Gasteiger partial charge in [-0.1, -0.05) is 37.6 Å². The van der Waals surface area contributed by atoms with Gasteiger partial charge in [0, 0.05) is 42.5 Å². The van der Waals surface area contributed by atoms with Crippen molar-refractivity contribution in [2.24, 2.45) is 5.41 Å². The van der Waals surface area contributed by atoms with Crippen LogP contribution in [0, 0.1) is 17.0 Å². The molecule has 6 rings (SSSR count). The van der Waals surface area contributed by atoms with Crippen LogP contribution in [0.4, 0.5) is 14.6 Å². The molecule has 2 fully saturated rings. The maximum atomic E-state index is 16.6. The van der Waals surface area contributed by atoms with Crippen LogP contribution in [0.2, 0.25) is 0 Å². The number of halogens is 2. The molecule has 41 heavy (non-hydrogen) atoms. The number of aromatic nitrogens is 2. The van der Waals surface area contributed by atoms with E-state index < -0.39 is 11.6 Å². The van der Waals surface area contributed by atoms with Crippen LogP contribution in [0.3, 0.4) is 0 Å². The molecule has 1 saturated heterocycles. The van der Waals surface area contributed by atoms with E-state index in [1.807, 2.05) is 17.0 Å². The average Bonchev–Trinajstić information content (AvgIpc) is 3.33. The van der Waals surface area contributed by atoms with Crippen molar-refractivity contribution in [1.29, 1.82) is 0 Å². The van der Waals surface area contributed by atoms with Gasteiger partial charge in [-0.05, 0) is 68.4 Å². The predicted octanol–water partition coefficient (Wildman–Crippen LogP) is 5.73. The first-order chi connectivity index (χ1) is 19.6. The van der Waals surface area contributed by atoms with E-state index in [2.05, 4.69) is 43.1 Å². The molecule has 0 amide bonds. The Morgan fingerprint density at radius 2 is 1.95 bits per heavy atom. The number of fused-ring (bicyclic) bond motifs is 2. The van der Waals surface area contributed by atoms with Crippen LogP contribution in [-0.2, 0) is 0 Å². The SMILES string of the molecule is C[C@@H]1CN(c2nc(OC[C@@]3(C)CCCC3N(C)C)nc3c(F)c(-c4cc(O)cc5ccccc45)c(F)cc23)CCN1. The molecule has 3 aromatic carbocycles. The molecule has 7 nitrogen and oxygen atoms in total. The van der Waals surface area contributed by atoms with Crippen molar-refractivity contribution in [1.82, 2.24) is 20.2 Å². The molecule has 9 heteroatoms. The van der Waals surface area contributed by atoms with E-state index in [4.69, 9.17) is 9.72 Å². The smallest absolute Gasteiger partial charge is 0.319 e. The Bertz CT molecular complexity index is 1610. The van der Waals surface area contributed by atoms with Gasteiger partial charge in [0.25, 0.3) is 0 Å². The normalized spacial score (nSPS) is 23.1. The van der Waals surface area contributed by atoms with Gasteiger partial charge in [0.15, 0.2) is 5.82 Å². The zero-order chi connectivity index (χ0) is 28.9. The summed E-state index contributed by atoms with van der Waals surface area (Å²) in [6.07, 6.45) is 3.21. The van der Waals surface area contributed by atoms with Crippen molar-refractivity contribution in [2.45, 2.75) is 45.2 Å². The fourth-order valence-corrected chi connectivity index (χ4v) is 6.83. The molecule has 0 spiro atoms. The largest absolute Gasteiger partial charge is 0.508 e. The zero-order valence-electron chi connectivity index (χ0n) is 24.0. The molecule has 1 aromatic heterocycles. The summed E-state index contributed by atoms with van der Waals surface area (Å²) in [5.74, 6) is -1.14. The van der Waals surface area contributed by atoms with Gasteiger partial charge in [0.05, 0.1) is 12.2 Å². The Hall–Kier alpha value is -3.56. The third-order valence-electron chi connectivity index (χ3n) is 8.81. The predicted molar refractivity (Wildman–Crippen MR) is 159 cm³/mol. The van der Waals surface area contributed by atoms with Crippen LogP contribution in [0.1, 0.15) is 33.1 Å². The summed E-state index contributed by atoms with van der Waals surface area (Å²) in [7, 11) is 4.17. The number of rotatable bonds is 6. The minimum Gasteiger partial charge on any atom is -0.508 e. The number of hydrogen-bond acceptors (Lipinski definition) is 7. The van der Waals surface area contributed by atoms with E-state index in [9.17, 15) is 5.11 Å². The second-order valence-electron chi connectivity index (χ2n) is 12.1. The second-order valence-corrected chi connectivity index (χ2v) is 12.1. The van der Waals surface area contributed by atoms with Crippen LogP contribution in [0.15, 0.2) is 42.5 Å². The van der Waals surface area contributed by atoms with Crippen LogP contribution in [0.25, 0.3) is 32.8 Å². The molecule has 1 unspecified atom stereocenters. The summed E-state index contributed by atoms with van der Waals surface area (Å²) in [6, 6.07) is 12.1. The highest BCUT2D eigenvalue weighted by molar-refractivity contribution is 6.01. The molecule has 4 aromatic rings. The summed E-state index contributed by atoms with van der Waals surface area (Å²) in [5, 5.41) is 15.4. The molecule has 2 heterocycles. The molecule has 1 aliphatic carbocycles. The Kier molecular flexibility index (Phi) is 7.20. The number of phenolic OH excluding ortho intramolecular Hbond substituents is 1. The van der Waals surface area contributed by atoms with Crippen molar-refractivity contribution in [2.75, 3.05) is 45.2 Å². The molecule has 1 saturated carbocycles. The van der Waals surface area contributed by atoms with Crippen molar-refractivity contribution in [3.05, 3.63) is 54.1 Å². The number of ether oxygens (including phenoxy) is 1. The fraction of sp³-hybridized carbons (Fsp3) is 0.438. The van der Waals surface area contributed by atoms with Crippen molar-refractivity contribution >= 4 is 27.5 Å². The molecule has 216 valence electrons. The van der Waals surface area contributed by atoms with Crippen molar-refractivity contribution in [3.63, 3.8) is 0 Å². The van der Waals surface area contributed by atoms with E-state index in [0.29, 0.717) is 47.7 Å². The quantitative estimate of drug-likeness (QED) is 0.311. The molecular formula is C32H37F2N5O2. The maximum Gasteiger partial charge on any atom is 0.319 e. The third kappa shape index (κ3) is 5.06. The Morgan fingerprint density at radius 3 is 2.73 bits per heavy atom. The first-order valence-electron chi connectivity index (χ1n) is 14.3. The minimum absolute atomic E-state index is 0.000689. The number of anilines is 1. The zero-order valence-corrected chi connectivity index (χ0v) is 24.0. The Balaban J connectivity index is 1.50. The van der Waals surface area contributed by atoms with Crippen molar-refractivity contribution in [3.8, 4) is 22.9 Å². The summed E-state index contributed by atoms with van der Waals surface area (Å²) in [6.45, 7) is 6.68. The minimum atomic E-state index is -0.800. The van der Waals surface area contributed by atoms with Gasteiger partial charge in [-0.15, -0.1) is 0 Å². The van der Waals surface area contributed by atoms with E-state index in [1.165, 1.54) is 12.1 Å². The van der Waals surface area contributed by atoms with Crippen molar-refractivity contribution < 1.29 is 18.6 Å². The fourth-order valence-electron chi connectivity index (χ4n) is 6.83. The van der Waals surface area contributed by atoms with E-state index >= 15 is 8.78 Å². The number of benzene rings is 3. The third-order valence-corrected chi connectivity index (χ3v) is 8.81. The first-order valence-corrected chi connectivity index (χ1v) is 14.3. The Morgan fingerprint density at radius 1 is 1.15 bits per heavy atom. The second kappa shape index (κ2) is 10.7. The molecule has 2 N–H and O–H groups in total. The number of hydrogen-bond donors (Lipinski definition) is 2. The Labute approximate surface area is 239 Å². The highest BCUT2D eigenvalue weighted by atomic mass is 19.1. The highest BCUT2D eigenvalue weighted by Gasteiger charge is 2.41. The van der Waals surface area contributed by atoms with Crippen LogP contribution < -0.4 is 15.0 Å². The lowest BCUT2D eigenvalue weighted by Gasteiger charge is -2.36. The van der Waals surface area contributed by atoms with Crippen LogP contribution >= 0.6 is 0 Å². The van der Waals surface area contributed by atoms with Crippen LogP contribution in [-0.4, -0.2) is 72.4 Å².